The maximum Gasteiger partial charge on any atom is 0.405 e. The van der Waals surface area contributed by atoms with Crippen LogP contribution in [0.5, 0.6) is 0 Å². The highest BCUT2D eigenvalue weighted by atomic mass is 19.4. The Labute approximate surface area is 94.4 Å². The van der Waals surface area contributed by atoms with Gasteiger partial charge in [-0.05, 0) is 0 Å². The standard InChI is InChI=1S/C8H11F3N4O2/c9-8(10,11)5-12-7(17)14-6-3-13-15(4-6)1-2-16/h3-4,16H,1-2,5H2,(H2,12,14,17). The number of hydrogen-bond donors (Lipinski definition) is 3. The van der Waals surface area contributed by atoms with Crippen molar-refractivity contribution in [1.82, 2.24) is 15.1 Å². The lowest BCUT2D eigenvalue weighted by Gasteiger charge is -2.08. The minimum atomic E-state index is -4.45. The average molecular weight is 252 g/mol. The minimum absolute atomic E-state index is 0.124. The van der Waals surface area contributed by atoms with Crippen LogP contribution in [0.4, 0.5) is 23.7 Å². The van der Waals surface area contributed by atoms with Gasteiger partial charge in [-0.1, -0.05) is 0 Å². The normalized spacial score (nSPS) is 11.3. The quantitative estimate of drug-likeness (QED) is 0.732. The van der Waals surface area contributed by atoms with E-state index < -0.39 is 18.8 Å². The van der Waals surface area contributed by atoms with Gasteiger partial charge in [0.05, 0.1) is 25.0 Å². The highest BCUT2D eigenvalue weighted by Crippen LogP contribution is 2.12. The first-order valence-corrected chi connectivity index (χ1v) is 4.65. The van der Waals surface area contributed by atoms with Crippen molar-refractivity contribution in [3.05, 3.63) is 12.4 Å². The summed E-state index contributed by atoms with van der Waals surface area (Å²) in [5.74, 6) is 0. The number of anilines is 1. The lowest BCUT2D eigenvalue weighted by molar-refractivity contribution is -0.122. The Hall–Kier alpha value is -1.77. The van der Waals surface area contributed by atoms with E-state index in [1.165, 1.54) is 17.1 Å². The van der Waals surface area contributed by atoms with Crippen LogP contribution in [0, 0.1) is 0 Å². The summed E-state index contributed by atoms with van der Waals surface area (Å²) in [7, 11) is 0. The van der Waals surface area contributed by atoms with Gasteiger partial charge in [0.15, 0.2) is 0 Å². The smallest absolute Gasteiger partial charge is 0.394 e. The van der Waals surface area contributed by atoms with E-state index in [9.17, 15) is 18.0 Å². The van der Waals surface area contributed by atoms with Gasteiger partial charge in [-0.2, -0.15) is 18.3 Å². The van der Waals surface area contributed by atoms with Crippen molar-refractivity contribution in [2.75, 3.05) is 18.5 Å². The van der Waals surface area contributed by atoms with Gasteiger partial charge in [0, 0.05) is 6.20 Å². The highest BCUT2D eigenvalue weighted by Gasteiger charge is 2.27. The third-order valence-electron chi connectivity index (χ3n) is 1.67. The summed E-state index contributed by atoms with van der Waals surface area (Å²) in [4.78, 5) is 11.0. The summed E-state index contributed by atoms with van der Waals surface area (Å²) in [5.41, 5.74) is 0.248. The van der Waals surface area contributed by atoms with E-state index in [1.807, 2.05) is 0 Å². The number of rotatable bonds is 4. The number of aliphatic hydroxyl groups excluding tert-OH is 1. The first-order valence-electron chi connectivity index (χ1n) is 4.65. The Morgan fingerprint density at radius 1 is 1.53 bits per heavy atom. The first-order chi connectivity index (χ1) is 7.90. The van der Waals surface area contributed by atoms with Gasteiger partial charge < -0.3 is 15.7 Å². The van der Waals surface area contributed by atoms with Crippen molar-refractivity contribution >= 4 is 11.7 Å². The second-order valence-electron chi connectivity index (χ2n) is 3.14. The van der Waals surface area contributed by atoms with Crippen molar-refractivity contribution in [2.24, 2.45) is 0 Å². The number of nitrogens with one attached hydrogen (secondary N) is 2. The maximum absolute atomic E-state index is 11.8. The molecule has 0 aliphatic heterocycles. The number of carbonyl (C=O) groups is 1. The predicted octanol–water partition coefficient (Wildman–Crippen LogP) is 0.559. The number of hydrogen-bond acceptors (Lipinski definition) is 3. The predicted molar refractivity (Wildman–Crippen MR) is 52.4 cm³/mol. The molecule has 96 valence electrons. The second-order valence-corrected chi connectivity index (χ2v) is 3.14. The summed E-state index contributed by atoms with van der Waals surface area (Å²) >= 11 is 0. The van der Waals surface area contributed by atoms with Crippen LogP contribution < -0.4 is 10.6 Å². The fraction of sp³-hybridized carbons (Fsp3) is 0.500. The van der Waals surface area contributed by atoms with E-state index in [1.54, 1.807) is 5.32 Å². The topological polar surface area (TPSA) is 79.2 Å². The van der Waals surface area contributed by atoms with Crippen LogP contribution in [0.25, 0.3) is 0 Å². The fourth-order valence-corrected chi connectivity index (χ4v) is 1.01. The SMILES string of the molecule is O=C(NCC(F)(F)F)Nc1cnn(CCO)c1. The molecule has 1 rings (SSSR count). The van der Waals surface area contributed by atoms with E-state index >= 15 is 0 Å². The van der Waals surface area contributed by atoms with Crippen molar-refractivity contribution in [1.29, 1.82) is 0 Å². The lowest BCUT2D eigenvalue weighted by atomic mass is 10.5. The summed E-state index contributed by atoms with van der Waals surface area (Å²) in [6, 6.07) is -0.967. The zero-order valence-electron chi connectivity index (χ0n) is 8.66. The molecule has 17 heavy (non-hydrogen) atoms. The molecule has 0 saturated carbocycles. The van der Waals surface area contributed by atoms with Crippen LogP contribution in [0.1, 0.15) is 0 Å². The largest absolute Gasteiger partial charge is 0.405 e. The van der Waals surface area contributed by atoms with Gasteiger partial charge in [0.2, 0.25) is 0 Å². The molecule has 0 unspecified atom stereocenters. The molecule has 0 atom stereocenters. The summed E-state index contributed by atoms with van der Waals surface area (Å²) in [6.07, 6.45) is -1.79. The van der Waals surface area contributed by atoms with Crippen LogP contribution in [-0.2, 0) is 6.54 Å². The molecule has 1 aromatic rings. The first kappa shape index (κ1) is 13.3. The second kappa shape index (κ2) is 5.53. The Morgan fingerprint density at radius 2 is 2.24 bits per heavy atom. The molecule has 6 nitrogen and oxygen atoms in total. The number of amides is 2. The minimum Gasteiger partial charge on any atom is -0.394 e. The fourth-order valence-electron chi connectivity index (χ4n) is 1.01. The van der Waals surface area contributed by atoms with E-state index in [4.69, 9.17) is 5.11 Å². The van der Waals surface area contributed by atoms with E-state index in [2.05, 4.69) is 10.4 Å². The summed E-state index contributed by atoms with van der Waals surface area (Å²) in [6.45, 7) is -1.28. The monoisotopic (exact) mass is 252 g/mol. The Morgan fingerprint density at radius 3 is 2.82 bits per heavy atom. The summed E-state index contributed by atoms with van der Waals surface area (Å²) < 4.78 is 36.7. The van der Waals surface area contributed by atoms with Crippen molar-refractivity contribution < 1.29 is 23.1 Å². The molecule has 0 aliphatic carbocycles. The van der Waals surface area contributed by atoms with E-state index in [-0.39, 0.29) is 18.8 Å². The zero-order valence-corrected chi connectivity index (χ0v) is 8.66. The van der Waals surface area contributed by atoms with Crippen molar-refractivity contribution in [3.63, 3.8) is 0 Å². The molecule has 3 N–H and O–H groups in total. The van der Waals surface area contributed by atoms with Gasteiger partial charge in [-0.25, -0.2) is 4.79 Å². The maximum atomic E-state index is 11.8. The van der Waals surface area contributed by atoms with Gasteiger partial charge >= 0.3 is 12.2 Å². The molecule has 0 saturated heterocycles. The molecule has 0 radical (unpaired) electrons. The molecule has 2 amide bonds. The number of aromatic nitrogens is 2. The molecule has 0 spiro atoms. The van der Waals surface area contributed by atoms with Crippen molar-refractivity contribution in [3.8, 4) is 0 Å². The van der Waals surface area contributed by atoms with Gasteiger partial charge in [0.25, 0.3) is 0 Å². The van der Waals surface area contributed by atoms with Crippen LogP contribution in [0.3, 0.4) is 0 Å². The van der Waals surface area contributed by atoms with Crippen molar-refractivity contribution in [2.45, 2.75) is 12.7 Å². The van der Waals surface area contributed by atoms with Crippen LogP contribution >= 0.6 is 0 Å². The number of carbonyl (C=O) groups excluding carboxylic acids is 1. The number of nitrogens with zero attached hydrogens (tertiary/aromatic N) is 2. The van der Waals surface area contributed by atoms with E-state index in [0.717, 1.165) is 0 Å². The molecular weight excluding hydrogens is 241 g/mol. The Balaban J connectivity index is 2.39. The van der Waals surface area contributed by atoms with Crippen LogP contribution in [0.15, 0.2) is 12.4 Å². The number of aliphatic hydroxyl groups is 1. The Bertz CT molecular complexity index is 377. The number of alkyl halides is 3. The molecule has 9 heteroatoms. The molecule has 0 bridgehead atoms. The van der Waals surface area contributed by atoms with Gasteiger partial charge in [-0.3, -0.25) is 4.68 Å². The van der Waals surface area contributed by atoms with Gasteiger partial charge in [-0.15, -0.1) is 0 Å². The molecule has 1 aromatic heterocycles. The van der Waals surface area contributed by atoms with Crippen LogP contribution in [0.2, 0.25) is 0 Å². The van der Waals surface area contributed by atoms with E-state index in [0.29, 0.717) is 0 Å². The average Bonchev–Trinajstić information content (AvgIpc) is 2.62. The highest BCUT2D eigenvalue weighted by molar-refractivity contribution is 5.88. The number of halogens is 3. The van der Waals surface area contributed by atoms with Gasteiger partial charge in [0.1, 0.15) is 6.54 Å². The third kappa shape index (κ3) is 5.20. The van der Waals surface area contributed by atoms with Crippen LogP contribution in [-0.4, -0.2) is 40.2 Å². The Kier molecular flexibility index (Phi) is 4.32. The third-order valence-corrected chi connectivity index (χ3v) is 1.67. The summed E-state index contributed by atoms with van der Waals surface area (Å²) in [5, 5.41) is 16.2. The molecule has 1 heterocycles. The molecule has 0 fully saturated rings. The molecule has 0 aliphatic rings. The zero-order chi connectivity index (χ0) is 12.9. The number of urea groups is 1. The lowest BCUT2D eigenvalue weighted by Crippen LogP contribution is -2.36. The molecule has 0 aromatic carbocycles. The molecular formula is C8H11F3N4O2.